The van der Waals surface area contributed by atoms with Crippen LogP contribution >= 0.6 is 0 Å². The van der Waals surface area contributed by atoms with Crippen LogP contribution in [0.2, 0.25) is 0 Å². The Kier molecular flexibility index (Phi) is 7.15. The summed E-state index contributed by atoms with van der Waals surface area (Å²) in [4.78, 5) is 25.9. The van der Waals surface area contributed by atoms with Crippen molar-refractivity contribution in [1.82, 2.24) is 10.2 Å². The summed E-state index contributed by atoms with van der Waals surface area (Å²) in [5, 5.41) is 12.4. The van der Waals surface area contributed by atoms with E-state index in [9.17, 15) is 14.7 Å². The molecule has 0 aromatic rings. The maximum Gasteiger partial charge on any atom is 0.310 e. The largest absolute Gasteiger partial charge is 0.481 e. The number of amides is 1. The van der Waals surface area contributed by atoms with Gasteiger partial charge in [0, 0.05) is 25.6 Å². The minimum absolute atomic E-state index is 0.119. The quantitative estimate of drug-likeness (QED) is 0.707. The minimum atomic E-state index is -0.843. The van der Waals surface area contributed by atoms with E-state index < -0.39 is 11.4 Å². The standard InChI is InChI=1S/C16H30N2O3/c1-13(2)18(3)11-10-17-14(19)12-16(15(20)21)8-6-4-5-7-9-16/h13H,4-12H2,1-3H3,(H,17,19)(H,20,21). The van der Waals surface area contributed by atoms with Crippen LogP contribution in [0.4, 0.5) is 0 Å². The van der Waals surface area contributed by atoms with Gasteiger partial charge in [0.1, 0.15) is 0 Å². The molecule has 0 atom stereocenters. The Morgan fingerprint density at radius 1 is 1.19 bits per heavy atom. The number of aliphatic carboxylic acids is 1. The number of likely N-dealkylation sites (N-methyl/N-ethyl adjacent to an activating group) is 1. The zero-order valence-electron chi connectivity index (χ0n) is 13.7. The Labute approximate surface area is 128 Å². The minimum Gasteiger partial charge on any atom is -0.481 e. The molecule has 0 aliphatic heterocycles. The van der Waals surface area contributed by atoms with Gasteiger partial charge in [-0.15, -0.1) is 0 Å². The van der Waals surface area contributed by atoms with Crippen LogP contribution in [0.15, 0.2) is 0 Å². The van der Waals surface area contributed by atoms with Crippen molar-refractivity contribution in [1.29, 1.82) is 0 Å². The van der Waals surface area contributed by atoms with Crippen molar-refractivity contribution in [2.24, 2.45) is 5.41 Å². The summed E-state index contributed by atoms with van der Waals surface area (Å²) in [6.07, 6.45) is 5.36. The lowest BCUT2D eigenvalue weighted by Crippen LogP contribution is -2.40. The highest BCUT2D eigenvalue weighted by Gasteiger charge is 2.40. The van der Waals surface area contributed by atoms with Crippen molar-refractivity contribution in [3.63, 3.8) is 0 Å². The zero-order chi connectivity index (χ0) is 15.9. The Hall–Kier alpha value is -1.10. The number of nitrogens with one attached hydrogen (secondary N) is 1. The molecule has 0 aromatic carbocycles. The molecule has 5 heteroatoms. The van der Waals surface area contributed by atoms with E-state index in [2.05, 4.69) is 24.1 Å². The number of nitrogens with zero attached hydrogens (tertiary/aromatic N) is 1. The van der Waals surface area contributed by atoms with Gasteiger partial charge in [-0.2, -0.15) is 0 Å². The lowest BCUT2D eigenvalue weighted by atomic mass is 9.77. The third kappa shape index (κ3) is 5.65. The van der Waals surface area contributed by atoms with Crippen molar-refractivity contribution in [3.8, 4) is 0 Å². The van der Waals surface area contributed by atoms with Crippen molar-refractivity contribution in [2.45, 2.75) is 64.8 Å². The fraction of sp³-hybridized carbons (Fsp3) is 0.875. The van der Waals surface area contributed by atoms with Crippen LogP contribution in [0.1, 0.15) is 58.8 Å². The van der Waals surface area contributed by atoms with Crippen molar-refractivity contribution in [2.75, 3.05) is 20.1 Å². The summed E-state index contributed by atoms with van der Waals surface area (Å²) < 4.78 is 0. The molecular formula is C16H30N2O3. The molecule has 5 nitrogen and oxygen atoms in total. The van der Waals surface area contributed by atoms with Crippen LogP contribution < -0.4 is 5.32 Å². The number of carbonyl (C=O) groups is 2. The van der Waals surface area contributed by atoms with E-state index in [1.54, 1.807) is 0 Å². The zero-order valence-corrected chi connectivity index (χ0v) is 13.7. The fourth-order valence-corrected chi connectivity index (χ4v) is 2.87. The predicted molar refractivity (Wildman–Crippen MR) is 83.2 cm³/mol. The SMILES string of the molecule is CC(C)N(C)CCNC(=O)CC1(C(=O)O)CCCCCC1. The van der Waals surface area contributed by atoms with Crippen molar-refractivity contribution in [3.05, 3.63) is 0 Å². The van der Waals surface area contributed by atoms with E-state index in [1.165, 1.54) is 0 Å². The molecule has 122 valence electrons. The van der Waals surface area contributed by atoms with Crippen LogP contribution in [-0.2, 0) is 9.59 Å². The second kappa shape index (κ2) is 8.37. The molecule has 0 spiro atoms. The smallest absolute Gasteiger partial charge is 0.310 e. The van der Waals surface area contributed by atoms with Crippen LogP contribution in [0.25, 0.3) is 0 Å². The molecular weight excluding hydrogens is 268 g/mol. The summed E-state index contributed by atoms with van der Waals surface area (Å²) in [5.41, 5.74) is -0.843. The van der Waals surface area contributed by atoms with Crippen molar-refractivity contribution >= 4 is 11.9 Å². The van der Waals surface area contributed by atoms with Gasteiger partial charge in [0.25, 0.3) is 0 Å². The third-order valence-electron chi connectivity index (χ3n) is 4.68. The highest BCUT2D eigenvalue weighted by atomic mass is 16.4. The van der Waals surface area contributed by atoms with Crippen LogP contribution in [0, 0.1) is 5.41 Å². The monoisotopic (exact) mass is 298 g/mol. The number of carbonyl (C=O) groups excluding carboxylic acids is 1. The first-order valence-corrected chi connectivity index (χ1v) is 8.08. The molecule has 1 aliphatic carbocycles. The first-order valence-electron chi connectivity index (χ1n) is 8.08. The van der Waals surface area contributed by atoms with E-state index >= 15 is 0 Å². The summed E-state index contributed by atoms with van der Waals surface area (Å²) in [7, 11) is 2.01. The van der Waals surface area contributed by atoms with Gasteiger partial charge in [-0.3, -0.25) is 9.59 Å². The molecule has 0 heterocycles. The highest BCUT2D eigenvalue weighted by Crippen LogP contribution is 2.38. The number of hydrogen-bond acceptors (Lipinski definition) is 3. The van der Waals surface area contributed by atoms with Gasteiger partial charge < -0.3 is 15.3 Å². The fourth-order valence-electron chi connectivity index (χ4n) is 2.87. The Bertz CT molecular complexity index is 347. The molecule has 1 fully saturated rings. The molecule has 0 saturated heterocycles. The van der Waals surface area contributed by atoms with Gasteiger partial charge >= 0.3 is 5.97 Å². The Morgan fingerprint density at radius 2 is 1.76 bits per heavy atom. The van der Waals surface area contributed by atoms with Gasteiger partial charge in [0.15, 0.2) is 0 Å². The van der Waals surface area contributed by atoms with Gasteiger partial charge in [-0.1, -0.05) is 25.7 Å². The first-order chi connectivity index (χ1) is 9.87. The third-order valence-corrected chi connectivity index (χ3v) is 4.68. The van der Waals surface area contributed by atoms with E-state index in [0.717, 1.165) is 32.2 Å². The number of hydrogen-bond donors (Lipinski definition) is 2. The molecule has 2 N–H and O–H groups in total. The second-order valence-corrected chi connectivity index (χ2v) is 6.60. The molecule has 1 rings (SSSR count). The lowest BCUT2D eigenvalue weighted by Gasteiger charge is -2.27. The van der Waals surface area contributed by atoms with Gasteiger partial charge in [-0.25, -0.2) is 0 Å². The van der Waals surface area contributed by atoms with E-state index in [1.807, 2.05) is 7.05 Å². The molecule has 0 unspecified atom stereocenters. The summed E-state index contributed by atoms with van der Waals surface area (Å²) in [6, 6.07) is 0.439. The summed E-state index contributed by atoms with van der Waals surface area (Å²) in [6.45, 7) is 5.56. The van der Waals surface area contributed by atoms with Crippen LogP contribution in [0.3, 0.4) is 0 Å². The predicted octanol–water partition coefficient (Wildman–Crippen LogP) is 2.26. The molecule has 1 aliphatic rings. The summed E-state index contributed by atoms with van der Waals surface area (Å²) in [5.74, 6) is -0.935. The van der Waals surface area contributed by atoms with Gasteiger partial charge in [0.05, 0.1) is 5.41 Å². The number of carboxylic acid groups (broad SMARTS) is 1. The Balaban J connectivity index is 2.47. The molecule has 0 aromatic heterocycles. The van der Waals surface area contributed by atoms with E-state index in [4.69, 9.17) is 0 Å². The Morgan fingerprint density at radius 3 is 2.24 bits per heavy atom. The lowest BCUT2D eigenvalue weighted by molar-refractivity contribution is -0.152. The number of rotatable bonds is 7. The second-order valence-electron chi connectivity index (χ2n) is 6.60. The van der Waals surface area contributed by atoms with Gasteiger partial charge in [-0.05, 0) is 33.7 Å². The highest BCUT2D eigenvalue weighted by molar-refractivity contribution is 5.85. The maximum atomic E-state index is 12.1. The molecule has 1 saturated carbocycles. The normalized spacial score (nSPS) is 18.5. The molecule has 1 amide bonds. The molecule has 0 bridgehead atoms. The topological polar surface area (TPSA) is 69.6 Å². The van der Waals surface area contributed by atoms with Crippen molar-refractivity contribution < 1.29 is 14.7 Å². The molecule has 21 heavy (non-hydrogen) atoms. The maximum absolute atomic E-state index is 12.1. The average molecular weight is 298 g/mol. The first kappa shape index (κ1) is 18.0. The average Bonchev–Trinajstić information content (AvgIpc) is 2.65. The van der Waals surface area contributed by atoms with E-state index in [-0.39, 0.29) is 12.3 Å². The number of carboxylic acids is 1. The van der Waals surface area contributed by atoms with Crippen LogP contribution in [0.5, 0.6) is 0 Å². The summed E-state index contributed by atoms with van der Waals surface area (Å²) >= 11 is 0. The van der Waals surface area contributed by atoms with Crippen LogP contribution in [-0.4, -0.2) is 48.1 Å². The molecule has 0 radical (unpaired) electrons. The van der Waals surface area contributed by atoms with E-state index in [0.29, 0.717) is 25.4 Å². The van der Waals surface area contributed by atoms with Gasteiger partial charge in [0.2, 0.25) is 5.91 Å².